The number of benzene rings is 1. The minimum absolute atomic E-state index is 0.0277. The van der Waals surface area contributed by atoms with Crippen molar-refractivity contribution in [3.8, 4) is 0 Å². The van der Waals surface area contributed by atoms with Crippen LogP contribution >= 0.6 is 0 Å². The number of amides is 2. The number of carbonyl (C=O) groups is 2. The molecule has 2 amide bonds. The zero-order valence-electron chi connectivity index (χ0n) is 17.3. The van der Waals surface area contributed by atoms with Gasteiger partial charge in [0, 0.05) is 21.1 Å². The molecule has 0 aliphatic carbocycles. The van der Waals surface area contributed by atoms with Crippen molar-refractivity contribution in [1.82, 2.24) is 23.6 Å². The Morgan fingerprint density at radius 1 is 1.12 bits per heavy atom. The summed E-state index contributed by atoms with van der Waals surface area (Å²) in [6, 6.07) is 4.49. The van der Waals surface area contributed by atoms with E-state index < -0.39 is 47.0 Å². The lowest BCUT2D eigenvalue weighted by Gasteiger charge is -2.18. The van der Waals surface area contributed by atoms with E-state index in [1.54, 1.807) is 0 Å². The first-order valence-corrected chi connectivity index (χ1v) is 9.22. The van der Waals surface area contributed by atoms with E-state index in [1.165, 1.54) is 44.2 Å². The van der Waals surface area contributed by atoms with Gasteiger partial charge in [-0.3, -0.25) is 23.5 Å². The van der Waals surface area contributed by atoms with Gasteiger partial charge < -0.3 is 14.8 Å². The van der Waals surface area contributed by atoms with E-state index in [4.69, 9.17) is 0 Å². The van der Waals surface area contributed by atoms with Crippen LogP contribution in [0, 0.1) is 0 Å². The zero-order chi connectivity index (χ0) is 23.8. The van der Waals surface area contributed by atoms with Gasteiger partial charge in [-0.15, -0.1) is 0 Å². The van der Waals surface area contributed by atoms with Gasteiger partial charge in [0.25, 0.3) is 5.56 Å². The van der Waals surface area contributed by atoms with E-state index in [2.05, 4.69) is 10.3 Å². The highest BCUT2D eigenvalue weighted by Crippen LogP contribution is 2.34. The van der Waals surface area contributed by atoms with Crippen molar-refractivity contribution >= 4 is 28.7 Å². The summed E-state index contributed by atoms with van der Waals surface area (Å²) >= 11 is 0. The lowest BCUT2D eigenvalue weighted by atomic mass is 10.1. The monoisotopic (exact) mass is 452 g/mol. The number of rotatable bonds is 5. The average molecular weight is 452 g/mol. The highest BCUT2D eigenvalue weighted by Gasteiger charge is 2.33. The Bertz CT molecular complexity index is 1320. The van der Waals surface area contributed by atoms with Gasteiger partial charge in [-0.05, 0) is 12.1 Å². The molecule has 0 radical (unpaired) electrons. The first-order chi connectivity index (χ1) is 14.9. The van der Waals surface area contributed by atoms with Gasteiger partial charge in [0.05, 0.1) is 24.1 Å². The van der Waals surface area contributed by atoms with Crippen molar-refractivity contribution in [2.75, 3.05) is 18.9 Å². The van der Waals surface area contributed by atoms with Crippen molar-refractivity contribution in [3.63, 3.8) is 0 Å². The first kappa shape index (κ1) is 22.8. The maximum Gasteiger partial charge on any atom is 0.418 e. The second-order valence-corrected chi connectivity index (χ2v) is 7.09. The molecule has 0 aliphatic rings. The minimum Gasteiger partial charge on any atom is -0.335 e. The number of aryl methyl sites for hydroxylation is 1. The Balaban J connectivity index is 1.75. The number of halogens is 3. The number of likely N-dealkylation sites (N-methyl/N-ethyl adjacent to an activating group) is 1. The number of aromatic nitrogens is 4. The number of hydrogen-bond donors (Lipinski definition) is 1. The van der Waals surface area contributed by atoms with Crippen LogP contribution in [0.2, 0.25) is 0 Å². The predicted molar refractivity (Wildman–Crippen MR) is 108 cm³/mol. The van der Waals surface area contributed by atoms with E-state index in [9.17, 15) is 32.3 Å². The lowest BCUT2D eigenvalue weighted by Crippen LogP contribution is -2.39. The number of hydrogen-bond acceptors (Lipinski definition) is 5. The first-order valence-electron chi connectivity index (χ1n) is 9.22. The molecule has 13 heteroatoms. The standard InChI is InChI=1S/C19H19F3N6O4/c1-25(8-13(29)24-12-7-5-4-6-11(12)19(20,21)22)14(30)9-28-10-23-16-15(28)17(31)27(3)18(32)26(16)2/h4-7,10H,8-9H2,1-3H3,(H,24,29). The van der Waals surface area contributed by atoms with Crippen molar-refractivity contribution in [1.29, 1.82) is 0 Å². The SMILES string of the molecule is CN(CC(=O)Nc1ccccc1C(F)(F)F)C(=O)Cn1cnc2c1c(=O)n(C)c(=O)n2C. The minimum atomic E-state index is -4.65. The van der Waals surface area contributed by atoms with Gasteiger partial charge in [-0.1, -0.05) is 12.1 Å². The van der Waals surface area contributed by atoms with Crippen molar-refractivity contribution in [2.24, 2.45) is 14.1 Å². The summed E-state index contributed by atoms with van der Waals surface area (Å²) < 4.78 is 42.5. The fourth-order valence-corrected chi connectivity index (χ4v) is 3.12. The molecule has 2 heterocycles. The van der Waals surface area contributed by atoms with E-state index in [-0.39, 0.29) is 17.7 Å². The van der Waals surface area contributed by atoms with Crippen LogP contribution in [-0.4, -0.2) is 49.0 Å². The van der Waals surface area contributed by atoms with Crippen LogP contribution in [0.4, 0.5) is 18.9 Å². The van der Waals surface area contributed by atoms with Crippen LogP contribution in [0.25, 0.3) is 11.2 Å². The summed E-state index contributed by atoms with van der Waals surface area (Å²) in [6.45, 7) is -0.888. The van der Waals surface area contributed by atoms with E-state index >= 15 is 0 Å². The molecule has 0 fully saturated rings. The van der Waals surface area contributed by atoms with E-state index in [0.29, 0.717) is 0 Å². The Labute approximate surface area is 178 Å². The molecular formula is C19H19F3N6O4. The molecule has 10 nitrogen and oxygen atoms in total. The third-order valence-corrected chi connectivity index (χ3v) is 4.84. The summed E-state index contributed by atoms with van der Waals surface area (Å²) in [5, 5.41) is 2.16. The topological polar surface area (TPSA) is 111 Å². The maximum atomic E-state index is 13.1. The number of carbonyl (C=O) groups excluding carboxylic acids is 2. The number of para-hydroxylation sites is 1. The average Bonchev–Trinajstić information content (AvgIpc) is 3.13. The second kappa shape index (κ2) is 8.32. The molecule has 0 saturated heterocycles. The molecule has 0 bridgehead atoms. The van der Waals surface area contributed by atoms with Crippen LogP contribution in [0.1, 0.15) is 5.56 Å². The van der Waals surface area contributed by atoms with Crippen molar-refractivity contribution in [3.05, 3.63) is 57.0 Å². The number of nitrogens with zero attached hydrogens (tertiary/aromatic N) is 5. The van der Waals surface area contributed by atoms with Gasteiger partial charge in [0.1, 0.15) is 6.54 Å². The number of fused-ring (bicyclic) bond motifs is 1. The third-order valence-electron chi connectivity index (χ3n) is 4.84. The summed E-state index contributed by atoms with van der Waals surface area (Å²) in [6.07, 6.45) is -3.43. The van der Waals surface area contributed by atoms with Crippen molar-refractivity contribution < 1.29 is 22.8 Å². The normalized spacial score (nSPS) is 11.6. The molecule has 2 aromatic heterocycles. The van der Waals surface area contributed by atoms with Gasteiger partial charge in [0.15, 0.2) is 11.2 Å². The fraction of sp³-hybridized carbons (Fsp3) is 0.316. The molecule has 0 unspecified atom stereocenters. The molecule has 170 valence electrons. The van der Waals surface area contributed by atoms with Crippen LogP contribution in [0.15, 0.2) is 40.2 Å². The smallest absolute Gasteiger partial charge is 0.335 e. The quantitative estimate of drug-likeness (QED) is 0.608. The van der Waals surface area contributed by atoms with Crippen LogP contribution in [0.3, 0.4) is 0 Å². The molecule has 0 saturated carbocycles. The van der Waals surface area contributed by atoms with Crippen LogP contribution in [0.5, 0.6) is 0 Å². The molecule has 3 aromatic rings. The Kier molecular flexibility index (Phi) is 5.92. The Morgan fingerprint density at radius 2 is 1.78 bits per heavy atom. The molecule has 32 heavy (non-hydrogen) atoms. The molecular weight excluding hydrogens is 433 g/mol. The van der Waals surface area contributed by atoms with Crippen LogP contribution in [-0.2, 0) is 36.4 Å². The Morgan fingerprint density at radius 3 is 2.44 bits per heavy atom. The molecule has 1 N–H and O–H groups in total. The predicted octanol–water partition coefficient (Wildman–Crippen LogP) is 0.550. The Hall–Kier alpha value is -3.90. The number of anilines is 1. The highest BCUT2D eigenvalue weighted by molar-refractivity contribution is 5.95. The fourth-order valence-electron chi connectivity index (χ4n) is 3.12. The van der Waals surface area contributed by atoms with Gasteiger partial charge in [-0.2, -0.15) is 13.2 Å². The zero-order valence-corrected chi connectivity index (χ0v) is 17.3. The molecule has 0 spiro atoms. The number of alkyl halides is 3. The number of imidazole rings is 1. The van der Waals surface area contributed by atoms with E-state index in [0.717, 1.165) is 26.2 Å². The van der Waals surface area contributed by atoms with Crippen LogP contribution < -0.4 is 16.6 Å². The van der Waals surface area contributed by atoms with Crippen molar-refractivity contribution in [2.45, 2.75) is 12.7 Å². The van der Waals surface area contributed by atoms with Gasteiger partial charge in [-0.25, -0.2) is 9.78 Å². The van der Waals surface area contributed by atoms with Gasteiger partial charge >= 0.3 is 11.9 Å². The third kappa shape index (κ3) is 4.26. The molecule has 0 aliphatic heterocycles. The number of nitrogens with one attached hydrogen (secondary N) is 1. The highest BCUT2D eigenvalue weighted by atomic mass is 19.4. The lowest BCUT2D eigenvalue weighted by molar-refractivity contribution is -0.137. The summed E-state index contributed by atoms with van der Waals surface area (Å²) in [5.74, 6) is -1.43. The largest absolute Gasteiger partial charge is 0.418 e. The summed E-state index contributed by atoms with van der Waals surface area (Å²) in [7, 11) is 4.02. The molecule has 3 rings (SSSR count). The summed E-state index contributed by atoms with van der Waals surface area (Å²) in [5.41, 5.74) is -2.52. The maximum absolute atomic E-state index is 13.1. The molecule has 1 aromatic carbocycles. The second-order valence-electron chi connectivity index (χ2n) is 7.09. The van der Waals surface area contributed by atoms with Gasteiger partial charge in [0.2, 0.25) is 11.8 Å². The van der Waals surface area contributed by atoms with E-state index in [1.807, 2.05) is 0 Å². The summed E-state index contributed by atoms with van der Waals surface area (Å²) in [4.78, 5) is 54.2. The molecule has 0 atom stereocenters.